The molecule has 1 aliphatic heterocycles. The molecule has 0 radical (unpaired) electrons. The number of rotatable bonds is 7. The van der Waals surface area contributed by atoms with E-state index in [-0.39, 0.29) is 22.9 Å². The van der Waals surface area contributed by atoms with Gasteiger partial charge in [0.05, 0.1) is 11.1 Å². The third-order valence-electron chi connectivity index (χ3n) is 4.45. The van der Waals surface area contributed by atoms with Crippen molar-refractivity contribution >= 4 is 25.9 Å². The normalized spacial score (nSPS) is 15.7. The molecule has 0 atom stereocenters. The summed E-state index contributed by atoms with van der Waals surface area (Å²) in [5, 5.41) is 19.6. The van der Waals surface area contributed by atoms with Gasteiger partial charge >= 0.3 is 10.2 Å². The summed E-state index contributed by atoms with van der Waals surface area (Å²) in [6.07, 6.45) is 1.90. The van der Waals surface area contributed by atoms with Crippen molar-refractivity contribution in [2.45, 2.75) is 31.6 Å². The van der Waals surface area contributed by atoms with E-state index in [4.69, 9.17) is 0 Å². The van der Waals surface area contributed by atoms with Crippen molar-refractivity contribution in [3.63, 3.8) is 0 Å². The molecule has 162 valence electrons. The molecule has 0 bridgehead atoms. The van der Waals surface area contributed by atoms with Crippen LogP contribution in [0.1, 0.15) is 23.1 Å². The lowest BCUT2D eigenvalue weighted by Gasteiger charge is -2.16. The van der Waals surface area contributed by atoms with Crippen LogP contribution in [0, 0.1) is 13.8 Å². The van der Waals surface area contributed by atoms with Gasteiger partial charge in [-0.2, -0.15) is 8.42 Å². The predicted octanol–water partition coefficient (Wildman–Crippen LogP) is 1.93. The smallest absolute Gasteiger partial charge is 0.330 e. The van der Waals surface area contributed by atoms with E-state index >= 15 is 0 Å². The average Bonchev–Trinajstić information content (AvgIpc) is 2.90. The molecule has 0 spiro atoms. The topological polar surface area (TPSA) is 136 Å². The minimum absolute atomic E-state index is 0.00850. The van der Waals surface area contributed by atoms with Crippen LogP contribution < -0.4 is 13.7 Å². The van der Waals surface area contributed by atoms with Crippen LogP contribution in [0.3, 0.4) is 0 Å². The van der Waals surface area contributed by atoms with Crippen LogP contribution in [-0.2, 0) is 26.7 Å². The number of aliphatic hydroxyl groups excluding tert-OH is 1. The van der Waals surface area contributed by atoms with Gasteiger partial charge in [-0.15, -0.1) is 0 Å². The first-order chi connectivity index (χ1) is 14.0. The summed E-state index contributed by atoms with van der Waals surface area (Å²) in [6.45, 7) is 3.88. The molecule has 9 nitrogen and oxygen atoms in total. The highest BCUT2D eigenvalue weighted by Gasteiger charge is 2.30. The lowest BCUT2D eigenvalue weighted by Crippen LogP contribution is -2.29. The predicted molar refractivity (Wildman–Crippen MR) is 113 cm³/mol. The first-order valence-corrected chi connectivity index (χ1v) is 12.0. The molecule has 0 unspecified atom stereocenters. The highest BCUT2D eigenvalue weighted by Crippen LogP contribution is 2.32. The molecular weight excluding hydrogens is 430 g/mol. The van der Waals surface area contributed by atoms with Crippen LogP contribution in [0.4, 0.5) is 5.69 Å². The first-order valence-electron chi connectivity index (χ1n) is 9.11. The maximum atomic E-state index is 12.4. The summed E-state index contributed by atoms with van der Waals surface area (Å²) in [5.41, 5.74) is 2.43. The van der Waals surface area contributed by atoms with E-state index in [1.807, 2.05) is 24.6 Å². The van der Waals surface area contributed by atoms with Crippen molar-refractivity contribution in [2.24, 2.45) is 0 Å². The monoisotopic (exact) mass is 453 g/mol. The third-order valence-corrected chi connectivity index (χ3v) is 7.18. The molecule has 4 N–H and O–H groups in total. The molecule has 3 rings (SSSR count). The van der Waals surface area contributed by atoms with Gasteiger partial charge in [0.1, 0.15) is 11.4 Å². The van der Waals surface area contributed by atoms with E-state index in [1.165, 1.54) is 12.1 Å². The van der Waals surface area contributed by atoms with Crippen LogP contribution >= 0.6 is 0 Å². The summed E-state index contributed by atoms with van der Waals surface area (Å²) in [4.78, 5) is 0.221. The Labute approximate surface area is 175 Å². The minimum Gasteiger partial charge on any atom is -0.506 e. The number of aliphatic hydroxyl groups is 1. The van der Waals surface area contributed by atoms with Crippen LogP contribution in [0.5, 0.6) is 5.75 Å². The molecule has 0 aromatic heterocycles. The summed E-state index contributed by atoms with van der Waals surface area (Å²) >= 11 is 0. The van der Waals surface area contributed by atoms with Gasteiger partial charge in [-0.05, 0) is 67.6 Å². The summed E-state index contributed by atoms with van der Waals surface area (Å²) < 4.78 is 53.9. The molecule has 2 aromatic rings. The fourth-order valence-electron chi connectivity index (χ4n) is 3.17. The van der Waals surface area contributed by atoms with Crippen molar-refractivity contribution in [3.8, 4) is 5.75 Å². The Hall–Kier alpha value is -2.76. The van der Waals surface area contributed by atoms with E-state index in [2.05, 4.69) is 4.72 Å². The highest BCUT2D eigenvalue weighted by atomic mass is 32.2. The van der Waals surface area contributed by atoms with E-state index < -0.39 is 26.1 Å². The molecule has 30 heavy (non-hydrogen) atoms. The zero-order valence-corrected chi connectivity index (χ0v) is 18.1. The van der Waals surface area contributed by atoms with Crippen LogP contribution in [0.25, 0.3) is 0 Å². The van der Waals surface area contributed by atoms with Crippen LogP contribution in [-0.4, -0.2) is 33.6 Å². The third kappa shape index (κ3) is 4.86. The molecule has 0 aliphatic carbocycles. The van der Waals surface area contributed by atoms with Crippen LogP contribution in [0.2, 0.25) is 0 Å². The zero-order valence-electron chi connectivity index (χ0n) is 16.5. The first kappa shape index (κ1) is 21.9. The Morgan fingerprint density at radius 2 is 1.73 bits per heavy atom. The molecule has 0 fully saturated rings. The molecule has 1 heterocycles. The number of sulfonamides is 1. The SMILES string of the molecule is Cc1cc(C)cc(S(=O)(=O)NCCCc2ccc(N3C=C(O)NS3(=O)=O)c(O)c2)c1. The number of anilines is 1. The Kier molecular flexibility index (Phi) is 5.97. The minimum atomic E-state index is -3.99. The van der Waals surface area contributed by atoms with Crippen LogP contribution in [0.15, 0.2) is 53.4 Å². The van der Waals surface area contributed by atoms with Crippen molar-refractivity contribution in [1.82, 2.24) is 9.44 Å². The van der Waals surface area contributed by atoms with E-state index in [9.17, 15) is 27.0 Å². The molecule has 0 saturated heterocycles. The van der Waals surface area contributed by atoms with Crippen molar-refractivity contribution in [1.29, 1.82) is 0 Å². The molecule has 1 aliphatic rings. The molecular formula is C19H23N3O6S2. The van der Waals surface area contributed by atoms with Gasteiger partial charge in [0.25, 0.3) is 0 Å². The largest absolute Gasteiger partial charge is 0.506 e. The second-order valence-electron chi connectivity index (χ2n) is 7.07. The molecule has 0 amide bonds. The Morgan fingerprint density at radius 3 is 2.30 bits per heavy atom. The number of phenols is 1. The number of hydrogen-bond donors (Lipinski definition) is 4. The van der Waals surface area contributed by atoms with Gasteiger partial charge < -0.3 is 10.2 Å². The second kappa shape index (κ2) is 8.17. The lowest BCUT2D eigenvalue weighted by molar-refractivity contribution is 0.392. The molecule has 0 saturated carbocycles. The molecule has 2 aromatic carbocycles. The number of benzene rings is 2. The summed E-state index contributed by atoms with van der Waals surface area (Å²) in [6, 6.07) is 9.58. The van der Waals surface area contributed by atoms with E-state index in [0.29, 0.717) is 18.4 Å². The van der Waals surface area contributed by atoms with Gasteiger partial charge in [0.15, 0.2) is 0 Å². The number of phenolic OH excluding ortho intramolecular Hbond substituents is 1. The average molecular weight is 454 g/mol. The number of aromatic hydroxyl groups is 1. The van der Waals surface area contributed by atoms with Crippen molar-refractivity contribution in [2.75, 3.05) is 10.8 Å². The zero-order chi connectivity index (χ0) is 22.1. The Balaban J connectivity index is 1.61. The standard InChI is InChI=1S/C19H23N3O6S2/c1-13-8-14(2)10-16(9-13)29(25,26)20-7-3-4-15-5-6-17(18(23)11-15)22-12-19(24)21-30(22,27)28/h5-6,8-12,20-21,23-24H,3-4,7H2,1-2H3. The van der Waals surface area contributed by atoms with E-state index in [0.717, 1.165) is 21.6 Å². The van der Waals surface area contributed by atoms with Gasteiger partial charge in [-0.3, -0.25) is 0 Å². The van der Waals surface area contributed by atoms with E-state index in [1.54, 1.807) is 18.2 Å². The molecule has 11 heteroatoms. The maximum Gasteiger partial charge on any atom is 0.330 e. The Bertz CT molecular complexity index is 1190. The van der Waals surface area contributed by atoms with Gasteiger partial charge in [-0.1, -0.05) is 12.1 Å². The summed E-state index contributed by atoms with van der Waals surface area (Å²) in [5.74, 6) is -0.825. The van der Waals surface area contributed by atoms with Gasteiger partial charge in [-0.25, -0.2) is 22.2 Å². The lowest BCUT2D eigenvalue weighted by atomic mass is 10.1. The number of nitrogens with zero attached hydrogens (tertiary/aromatic N) is 1. The number of nitrogens with one attached hydrogen (secondary N) is 2. The second-order valence-corrected chi connectivity index (χ2v) is 10.4. The van der Waals surface area contributed by atoms with Crippen molar-refractivity contribution in [3.05, 3.63) is 65.2 Å². The van der Waals surface area contributed by atoms with Gasteiger partial charge in [0.2, 0.25) is 15.9 Å². The quantitative estimate of drug-likeness (QED) is 0.473. The number of hydrogen-bond acceptors (Lipinski definition) is 6. The van der Waals surface area contributed by atoms with Gasteiger partial charge in [0, 0.05) is 6.54 Å². The fourth-order valence-corrected chi connectivity index (χ4v) is 5.50. The Morgan fingerprint density at radius 1 is 1.07 bits per heavy atom. The highest BCUT2D eigenvalue weighted by molar-refractivity contribution is 7.91. The number of aryl methyl sites for hydroxylation is 3. The van der Waals surface area contributed by atoms with Crippen molar-refractivity contribution < 1.29 is 27.0 Å². The fraction of sp³-hybridized carbons (Fsp3) is 0.263. The maximum absolute atomic E-state index is 12.4. The summed E-state index contributed by atoms with van der Waals surface area (Å²) in [7, 11) is -7.60.